The van der Waals surface area contributed by atoms with Crippen LogP contribution in [-0.2, 0) is 28.5 Å². The van der Waals surface area contributed by atoms with Crippen molar-refractivity contribution in [3.8, 4) is 0 Å². The van der Waals surface area contributed by atoms with Gasteiger partial charge in [-0.25, -0.2) is 0 Å². The van der Waals surface area contributed by atoms with Crippen LogP contribution in [0.4, 0.5) is 0 Å². The molecule has 4 N–H and O–H groups in total. The molecule has 0 aromatic rings. The Morgan fingerprint density at radius 2 is 1.67 bits per heavy atom. The first-order chi connectivity index (χ1) is 27.1. The third kappa shape index (κ3) is 20.4. The lowest BCUT2D eigenvalue weighted by atomic mass is 9.78. The minimum atomic E-state index is -1.27. The Bertz CT molecular complexity index is 1140. The van der Waals surface area contributed by atoms with E-state index in [1.165, 1.54) is 51.2 Å². The van der Waals surface area contributed by atoms with E-state index < -0.39 is 41.9 Å². The van der Waals surface area contributed by atoms with Crippen molar-refractivity contribution < 1.29 is 38.7 Å². The fraction of sp³-hybridized carbons (Fsp3) is 0.894. The second-order valence-corrected chi connectivity index (χ2v) is 18.0. The van der Waals surface area contributed by atoms with E-state index in [2.05, 4.69) is 76.7 Å². The zero-order chi connectivity index (χ0) is 44.8. The van der Waals surface area contributed by atoms with Crippen LogP contribution in [0.5, 0.6) is 0 Å². The molecule has 2 fully saturated rings. The molecule has 0 aromatic heterocycles. The van der Waals surface area contributed by atoms with Crippen molar-refractivity contribution >= 4 is 5.97 Å². The maximum absolute atomic E-state index is 12.0. The summed E-state index contributed by atoms with van der Waals surface area (Å²) < 4.78 is 28.8. The van der Waals surface area contributed by atoms with Crippen LogP contribution in [0.25, 0.3) is 0 Å². The van der Waals surface area contributed by atoms with Crippen LogP contribution in [0.15, 0.2) is 23.8 Å². The Balaban J connectivity index is 0.000000969. The molecule has 8 unspecified atom stereocenters. The second kappa shape index (κ2) is 29.0. The molecule has 58 heavy (non-hydrogen) atoms. The molecule has 13 atom stereocenters. The molecule has 0 radical (unpaired) electrons. The number of aliphatic hydroxyl groups is 2. The number of hydrogen-bond donors (Lipinski definition) is 3. The van der Waals surface area contributed by atoms with Gasteiger partial charge in [0, 0.05) is 25.0 Å². The molecule has 0 aliphatic carbocycles. The third-order valence-electron chi connectivity index (χ3n) is 11.7. The highest BCUT2D eigenvalue weighted by Crippen LogP contribution is 2.35. The van der Waals surface area contributed by atoms with Gasteiger partial charge >= 0.3 is 5.97 Å². The standard InChI is InChI=1S/C22H44N2O6.C16H29NO.C7H14O.C2H6/c1-13(12-23)11-22(5,27)20(15(3)19(25)16(4)21(26)28-8)30-18-10-17(24(6)7)9-14(2)29-18;1-6-7-8-9-11-16(17(4)5)12-10-14(2)13-15(3)18-16;1-6-3-4-8-7(2)5-6;1-2/h13-20,25,27H,9-12,23H2,1-8H3;10,12-13,15H,6-9,11H2,1-5H3;6-7H,3-5H2,1-2H3;1-2H3/t13-,14?,15+,16?,17?,18?,19+,20-,22-;;;/m1.../s1. The number of ether oxygens (including phenoxy) is 5. The van der Waals surface area contributed by atoms with Crippen molar-refractivity contribution in [2.24, 2.45) is 29.4 Å². The summed E-state index contributed by atoms with van der Waals surface area (Å²) in [6.07, 6.45) is 15.6. The smallest absolute Gasteiger partial charge is 0.311 e. The zero-order valence-corrected chi connectivity index (χ0v) is 40.4. The first kappa shape index (κ1) is 56.6. The molecule has 3 aliphatic heterocycles. The average Bonchev–Trinajstić information content (AvgIpc) is 3.32. The van der Waals surface area contributed by atoms with Crippen LogP contribution >= 0.6 is 0 Å². The van der Waals surface area contributed by atoms with Gasteiger partial charge in [0.05, 0.1) is 49.1 Å². The number of nitrogens with zero attached hydrogens (tertiary/aromatic N) is 2. The molecule has 11 nitrogen and oxygen atoms in total. The first-order valence-corrected chi connectivity index (χ1v) is 22.6. The van der Waals surface area contributed by atoms with Crippen LogP contribution in [-0.4, -0.2) is 129 Å². The quantitative estimate of drug-likeness (QED) is 0.0965. The van der Waals surface area contributed by atoms with Gasteiger partial charge in [0.15, 0.2) is 6.29 Å². The van der Waals surface area contributed by atoms with Gasteiger partial charge in [-0.05, 0) is 133 Å². The summed E-state index contributed by atoms with van der Waals surface area (Å²) in [5.41, 5.74) is 5.57. The van der Waals surface area contributed by atoms with Gasteiger partial charge in [-0.3, -0.25) is 9.69 Å². The molecule has 11 heteroatoms. The van der Waals surface area contributed by atoms with Gasteiger partial charge in [-0.2, -0.15) is 0 Å². The lowest BCUT2D eigenvalue weighted by Crippen LogP contribution is -2.54. The maximum atomic E-state index is 12.0. The molecular weight excluding hydrogens is 735 g/mol. The van der Waals surface area contributed by atoms with Crippen LogP contribution < -0.4 is 5.73 Å². The summed E-state index contributed by atoms with van der Waals surface area (Å²) in [7, 11) is 9.57. The summed E-state index contributed by atoms with van der Waals surface area (Å²) in [5, 5.41) is 22.2. The first-order valence-electron chi connectivity index (χ1n) is 22.6. The van der Waals surface area contributed by atoms with Crippen molar-refractivity contribution in [1.82, 2.24) is 9.80 Å². The minimum Gasteiger partial charge on any atom is -0.469 e. The van der Waals surface area contributed by atoms with Crippen molar-refractivity contribution in [1.29, 1.82) is 0 Å². The molecular formula is C47H93N3O8. The highest BCUT2D eigenvalue weighted by molar-refractivity contribution is 5.72. The van der Waals surface area contributed by atoms with Crippen molar-refractivity contribution in [2.75, 3.05) is 48.5 Å². The Morgan fingerprint density at radius 3 is 2.17 bits per heavy atom. The summed E-state index contributed by atoms with van der Waals surface area (Å²) >= 11 is 0. The predicted molar refractivity (Wildman–Crippen MR) is 240 cm³/mol. The monoisotopic (exact) mass is 828 g/mol. The number of nitrogens with two attached hydrogens (primary N) is 1. The predicted octanol–water partition coefficient (Wildman–Crippen LogP) is 8.35. The van der Waals surface area contributed by atoms with Crippen LogP contribution in [0.2, 0.25) is 0 Å². The van der Waals surface area contributed by atoms with Gasteiger partial charge in [0.2, 0.25) is 0 Å². The SMILES string of the molecule is CC.CC1CCOC(C)C1.CCCCCCC1(N(C)C)C=CC(C)=CC(C)O1.COC(=O)C(C)[C@@H](O)[C@H](C)[C@@H](OC1CC(N(C)C)CC(C)O1)[C@](C)(O)C[C@@H](C)CN. The van der Waals surface area contributed by atoms with Crippen molar-refractivity contribution in [3.63, 3.8) is 0 Å². The Kier molecular flexibility index (Phi) is 28.3. The van der Waals surface area contributed by atoms with E-state index in [0.29, 0.717) is 31.5 Å². The number of carbonyl (C=O) groups excluding carboxylic acids is 1. The van der Waals surface area contributed by atoms with E-state index in [1.807, 2.05) is 41.8 Å². The Morgan fingerprint density at radius 1 is 1.03 bits per heavy atom. The number of hydrogen-bond acceptors (Lipinski definition) is 11. The number of methoxy groups -OCH3 is 1. The van der Waals surface area contributed by atoms with Crippen LogP contribution in [0.1, 0.15) is 147 Å². The van der Waals surface area contributed by atoms with E-state index in [-0.39, 0.29) is 23.9 Å². The molecule has 3 heterocycles. The molecule has 3 aliphatic rings. The highest BCUT2D eigenvalue weighted by atomic mass is 16.7. The number of allylic oxidation sites excluding steroid dienone is 2. The van der Waals surface area contributed by atoms with Crippen LogP contribution in [0.3, 0.4) is 0 Å². The number of carbonyl (C=O) groups is 1. The summed E-state index contributed by atoms with van der Waals surface area (Å²) in [5.74, 6) is -0.844. The van der Waals surface area contributed by atoms with Gasteiger partial charge < -0.3 is 44.5 Å². The Hall–Kier alpha value is -1.41. The largest absolute Gasteiger partial charge is 0.469 e. The van der Waals surface area contributed by atoms with Crippen molar-refractivity contribution in [2.45, 2.75) is 201 Å². The number of unbranched alkanes of at least 4 members (excludes halogenated alkanes) is 3. The zero-order valence-electron chi connectivity index (χ0n) is 40.4. The average molecular weight is 828 g/mol. The van der Waals surface area contributed by atoms with E-state index in [1.54, 1.807) is 20.8 Å². The number of rotatable bonds is 17. The van der Waals surface area contributed by atoms with Gasteiger partial charge in [-0.15, -0.1) is 0 Å². The van der Waals surface area contributed by atoms with Gasteiger partial charge in [-0.1, -0.05) is 78.5 Å². The number of likely N-dealkylation sites (N-methyl/N-ethyl adjacent to an activating group) is 1. The number of esters is 1. The van der Waals surface area contributed by atoms with Gasteiger partial charge in [0.1, 0.15) is 5.72 Å². The van der Waals surface area contributed by atoms with E-state index in [9.17, 15) is 15.0 Å². The fourth-order valence-electron chi connectivity index (χ4n) is 8.18. The molecule has 0 spiro atoms. The lowest BCUT2D eigenvalue weighted by Gasteiger charge is -2.44. The maximum Gasteiger partial charge on any atom is 0.311 e. The molecule has 2 saturated heterocycles. The molecule has 0 aromatic carbocycles. The lowest BCUT2D eigenvalue weighted by molar-refractivity contribution is -0.267. The minimum absolute atomic E-state index is 0.0129. The summed E-state index contributed by atoms with van der Waals surface area (Å²) in [6.45, 7) is 25.4. The van der Waals surface area contributed by atoms with E-state index in [0.717, 1.165) is 25.4 Å². The normalized spacial score (nSPS) is 29.7. The van der Waals surface area contributed by atoms with Crippen LogP contribution in [0, 0.1) is 23.7 Å². The summed E-state index contributed by atoms with van der Waals surface area (Å²) in [4.78, 5) is 16.3. The molecule has 0 bridgehead atoms. The number of aliphatic hydroxyl groups excluding tert-OH is 1. The van der Waals surface area contributed by atoms with Gasteiger partial charge in [0.25, 0.3) is 0 Å². The van der Waals surface area contributed by atoms with E-state index >= 15 is 0 Å². The fourth-order valence-corrected chi connectivity index (χ4v) is 8.18. The third-order valence-corrected chi connectivity index (χ3v) is 11.7. The molecule has 344 valence electrons. The van der Waals surface area contributed by atoms with E-state index in [4.69, 9.17) is 29.4 Å². The molecule has 0 saturated carbocycles. The second-order valence-electron chi connectivity index (χ2n) is 18.0. The topological polar surface area (TPSA) is 136 Å². The molecule has 0 amide bonds. The van der Waals surface area contributed by atoms with Crippen molar-refractivity contribution in [3.05, 3.63) is 23.8 Å². The Labute approximate surface area is 356 Å². The summed E-state index contributed by atoms with van der Waals surface area (Å²) in [6, 6.07) is 0.293. The molecule has 3 rings (SSSR count). The highest BCUT2D eigenvalue weighted by Gasteiger charge is 2.45.